The first kappa shape index (κ1) is 29.4. The summed E-state index contributed by atoms with van der Waals surface area (Å²) in [6.45, 7) is 18.4. The Hall–Kier alpha value is -1.61. The molecule has 0 spiro atoms. The molecule has 1 aliphatic rings. The molecule has 1 fully saturated rings. The third kappa shape index (κ3) is 15.0. The molecule has 0 bridgehead atoms. The molecule has 0 aromatic heterocycles. The molecule has 3 nitrogen and oxygen atoms in total. The summed E-state index contributed by atoms with van der Waals surface area (Å²) in [4.78, 5) is 17.1. The topological polar surface area (TPSA) is 23.6 Å². The van der Waals surface area contributed by atoms with E-state index in [9.17, 15) is 4.79 Å². The summed E-state index contributed by atoms with van der Waals surface area (Å²) in [5, 5.41) is 0. The summed E-state index contributed by atoms with van der Waals surface area (Å²) in [7, 11) is 0. The van der Waals surface area contributed by atoms with Crippen LogP contribution in [-0.4, -0.2) is 48.4 Å². The quantitative estimate of drug-likeness (QED) is 0.234. The molecular weight excluding hydrogens is 404 g/mol. The lowest BCUT2D eigenvalue weighted by Crippen LogP contribution is -2.48. The first-order valence-corrected chi connectivity index (χ1v) is 13.4. The molecule has 1 aliphatic heterocycles. The molecule has 0 N–H and O–H groups in total. The molecule has 3 heteroatoms. The van der Waals surface area contributed by atoms with E-state index in [0.29, 0.717) is 12.3 Å². The largest absolute Gasteiger partial charge is 0.340 e. The van der Waals surface area contributed by atoms with Gasteiger partial charge in [0.25, 0.3) is 0 Å². The second-order valence-corrected chi connectivity index (χ2v) is 10.2. The van der Waals surface area contributed by atoms with Gasteiger partial charge in [-0.15, -0.1) is 0 Å². The number of piperazine rings is 1. The highest BCUT2D eigenvalue weighted by Gasteiger charge is 2.19. The van der Waals surface area contributed by atoms with Crippen LogP contribution < -0.4 is 0 Å². The van der Waals surface area contributed by atoms with Crippen molar-refractivity contribution in [3.05, 3.63) is 46.6 Å². The van der Waals surface area contributed by atoms with Gasteiger partial charge in [0.2, 0.25) is 5.91 Å². The Morgan fingerprint density at radius 3 is 1.58 bits per heavy atom. The lowest BCUT2D eigenvalue weighted by atomic mass is 10.0. The fourth-order valence-corrected chi connectivity index (χ4v) is 4.19. The second-order valence-electron chi connectivity index (χ2n) is 10.2. The van der Waals surface area contributed by atoms with Gasteiger partial charge in [0.15, 0.2) is 0 Å². The highest BCUT2D eigenvalue weighted by Crippen LogP contribution is 2.14. The lowest BCUT2D eigenvalue weighted by Gasteiger charge is -2.34. The zero-order chi connectivity index (χ0) is 24.5. The second kappa shape index (κ2) is 17.8. The first-order valence-electron chi connectivity index (χ1n) is 13.4. The number of unbranched alkanes of at least 4 members (excludes halogenated alkanes) is 1. The summed E-state index contributed by atoms with van der Waals surface area (Å²) in [6, 6.07) is 0. The number of rotatable bonds is 15. The molecule has 0 radical (unpaired) electrons. The molecule has 33 heavy (non-hydrogen) atoms. The van der Waals surface area contributed by atoms with Gasteiger partial charge in [-0.05, 0) is 92.5 Å². The zero-order valence-corrected chi connectivity index (χ0v) is 22.7. The lowest BCUT2D eigenvalue weighted by molar-refractivity contribution is -0.132. The molecule has 1 saturated heterocycles. The Labute approximate surface area is 205 Å². The first-order chi connectivity index (χ1) is 15.8. The van der Waals surface area contributed by atoms with Crippen molar-refractivity contribution in [2.75, 3.05) is 32.7 Å². The van der Waals surface area contributed by atoms with Gasteiger partial charge in [0.05, 0.1) is 0 Å². The van der Waals surface area contributed by atoms with Crippen LogP contribution in [0.15, 0.2) is 46.6 Å². The highest BCUT2D eigenvalue weighted by atomic mass is 16.2. The molecule has 0 unspecified atom stereocenters. The van der Waals surface area contributed by atoms with Crippen molar-refractivity contribution >= 4 is 5.91 Å². The third-order valence-electron chi connectivity index (χ3n) is 6.56. The van der Waals surface area contributed by atoms with Crippen molar-refractivity contribution < 1.29 is 4.79 Å². The van der Waals surface area contributed by atoms with Crippen molar-refractivity contribution in [2.24, 2.45) is 0 Å². The predicted octanol–water partition coefficient (Wildman–Crippen LogP) is 7.86. The molecular formula is C30H52N2O. The molecule has 0 aliphatic carbocycles. The zero-order valence-electron chi connectivity index (χ0n) is 22.7. The highest BCUT2D eigenvalue weighted by molar-refractivity contribution is 5.76. The van der Waals surface area contributed by atoms with Crippen molar-refractivity contribution in [1.82, 2.24) is 9.80 Å². The van der Waals surface area contributed by atoms with Gasteiger partial charge in [0, 0.05) is 32.6 Å². The Balaban J connectivity index is 2.20. The number of hydrogen-bond acceptors (Lipinski definition) is 2. The average Bonchev–Trinajstić information content (AvgIpc) is 2.77. The predicted molar refractivity (Wildman–Crippen MR) is 146 cm³/mol. The summed E-state index contributed by atoms with van der Waals surface area (Å²) in [5.74, 6) is 0.328. The molecule has 1 rings (SSSR count). The van der Waals surface area contributed by atoms with Crippen LogP contribution in [0.1, 0.15) is 106 Å². The Morgan fingerprint density at radius 1 is 0.667 bits per heavy atom. The Kier molecular flexibility index (Phi) is 15.9. The normalized spacial score (nSPS) is 16.3. The van der Waals surface area contributed by atoms with E-state index in [2.05, 4.69) is 75.6 Å². The van der Waals surface area contributed by atoms with E-state index in [0.717, 1.165) is 64.7 Å². The van der Waals surface area contributed by atoms with Gasteiger partial charge in [0.1, 0.15) is 0 Å². The summed E-state index contributed by atoms with van der Waals surface area (Å²) >= 11 is 0. The van der Waals surface area contributed by atoms with Crippen LogP contribution in [0.4, 0.5) is 0 Å². The fraction of sp³-hybridized carbons (Fsp3) is 0.700. The van der Waals surface area contributed by atoms with E-state index < -0.39 is 0 Å². The van der Waals surface area contributed by atoms with Crippen LogP contribution in [0.25, 0.3) is 0 Å². The van der Waals surface area contributed by atoms with E-state index in [1.807, 2.05) is 0 Å². The van der Waals surface area contributed by atoms with Crippen molar-refractivity contribution in [3.8, 4) is 0 Å². The molecule has 0 aromatic carbocycles. The number of carbonyl (C=O) groups excluding carboxylic acids is 1. The third-order valence-corrected chi connectivity index (χ3v) is 6.56. The Bertz CT molecular complexity index is 671. The van der Waals surface area contributed by atoms with Crippen molar-refractivity contribution in [2.45, 2.75) is 106 Å². The van der Waals surface area contributed by atoms with Crippen LogP contribution in [0.3, 0.4) is 0 Å². The molecule has 0 aromatic rings. The van der Waals surface area contributed by atoms with Gasteiger partial charge in [-0.25, -0.2) is 0 Å². The maximum absolute atomic E-state index is 12.5. The summed E-state index contributed by atoms with van der Waals surface area (Å²) in [5.41, 5.74) is 5.82. The van der Waals surface area contributed by atoms with Crippen LogP contribution in [0.2, 0.25) is 0 Å². The number of allylic oxidation sites excluding steroid dienone is 8. The van der Waals surface area contributed by atoms with E-state index >= 15 is 0 Å². The molecule has 0 saturated carbocycles. The minimum atomic E-state index is 0.328. The minimum absolute atomic E-state index is 0.328. The smallest absolute Gasteiger partial charge is 0.222 e. The van der Waals surface area contributed by atoms with E-state index in [1.54, 1.807) is 0 Å². The van der Waals surface area contributed by atoms with Crippen LogP contribution in [0, 0.1) is 0 Å². The molecule has 1 amide bonds. The average molecular weight is 457 g/mol. The maximum atomic E-state index is 12.5. The van der Waals surface area contributed by atoms with Crippen LogP contribution in [-0.2, 0) is 4.79 Å². The number of hydrogen-bond donors (Lipinski definition) is 0. The number of amides is 1. The van der Waals surface area contributed by atoms with Crippen LogP contribution >= 0.6 is 0 Å². The molecule has 1 heterocycles. The SMILES string of the molecule is CCCCN1CCN(C(=O)CCC=C(C)CCC=C(C)CCC=C(C)CCC=C(C)C)CC1. The van der Waals surface area contributed by atoms with Gasteiger partial charge in [-0.2, -0.15) is 0 Å². The molecule has 0 atom stereocenters. The van der Waals surface area contributed by atoms with Gasteiger partial charge >= 0.3 is 0 Å². The summed E-state index contributed by atoms with van der Waals surface area (Å²) in [6.07, 6.45) is 20.3. The Morgan fingerprint density at radius 2 is 1.12 bits per heavy atom. The monoisotopic (exact) mass is 456 g/mol. The van der Waals surface area contributed by atoms with Crippen LogP contribution in [0.5, 0.6) is 0 Å². The van der Waals surface area contributed by atoms with E-state index in [1.165, 1.54) is 48.1 Å². The van der Waals surface area contributed by atoms with Gasteiger partial charge < -0.3 is 4.90 Å². The maximum Gasteiger partial charge on any atom is 0.222 e. The van der Waals surface area contributed by atoms with Crippen molar-refractivity contribution in [1.29, 1.82) is 0 Å². The molecule has 188 valence electrons. The van der Waals surface area contributed by atoms with E-state index in [-0.39, 0.29) is 0 Å². The minimum Gasteiger partial charge on any atom is -0.340 e. The summed E-state index contributed by atoms with van der Waals surface area (Å²) < 4.78 is 0. The number of nitrogens with zero attached hydrogens (tertiary/aromatic N) is 2. The standard InChI is InChI=1S/C30H52N2O/c1-7-8-21-31-22-24-32(25-23-31)30(33)20-12-19-29(6)18-11-17-28(5)16-10-15-27(4)14-9-13-26(2)3/h13,15,17,19H,7-12,14,16,18,20-25H2,1-6H3. The van der Waals surface area contributed by atoms with Gasteiger partial charge in [-0.1, -0.05) is 59.9 Å². The van der Waals surface area contributed by atoms with E-state index in [4.69, 9.17) is 0 Å². The van der Waals surface area contributed by atoms with Gasteiger partial charge in [-0.3, -0.25) is 9.69 Å². The number of carbonyl (C=O) groups is 1. The van der Waals surface area contributed by atoms with Crippen molar-refractivity contribution in [3.63, 3.8) is 0 Å². The fourth-order valence-electron chi connectivity index (χ4n) is 4.19.